The Hall–Kier alpha value is -1.43. The van der Waals surface area contributed by atoms with Crippen LogP contribution >= 0.6 is 0 Å². The summed E-state index contributed by atoms with van der Waals surface area (Å²) in [5.74, 6) is -1.77. The molecule has 2 rings (SSSR count). The summed E-state index contributed by atoms with van der Waals surface area (Å²) in [5.41, 5.74) is -1.49. The molecule has 2 fully saturated rings. The molecule has 0 aromatic heterocycles. The molecular formula is C16H25NO5. The fourth-order valence-corrected chi connectivity index (χ4v) is 2.91. The van der Waals surface area contributed by atoms with Crippen molar-refractivity contribution in [1.82, 2.24) is 5.32 Å². The van der Waals surface area contributed by atoms with E-state index in [1.54, 1.807) is 27.7 Å². The van der Waals surface area contributed by atoms with E-state index in [4.69, 9.17) is 9.47 Å². The maximum atomic E-state index is 12.6. The average molecular weight is 311 g/mol. The van der Waals surface area contributed by atoms with Crippen molar-refractivity contribution in [1.29, 1.82) is 0 Å². The Balaban J connectivity index is 2.04. The lowest BCUT2D eigenvalue weighted by atomic mass is 9.82. The fraction of sp³-hybridized carbons (Fsp3) is 0.812. The number of ether oxygens (including phenoxy) is 2. The molecule has 0 bridgehead atoms. The Kier molecular flexibility index (Phi) is 4.61. The second-order valence-electron chi connectivity index (χ2n) is 7.41. The normalized spacial score (nSPS) is 26.4. The zero-order chi connectivity index (χ0) is 16.5. The SMILES string of the molecule is CC(C)(C)OC(=O)NC(=O)[C@H](C(=O)C1CCCC1)[C@]1(C)CO1. The van der Waals surface area contributed by atoms with Crippen LogP contribution in [0.25, 0.3) is 0 Å². The van der Waals surface area contributed by atoms with Crippen LogP contribution in [0.3, 0.4) is 0 Å². The maximum absolute atomic E-state index is 12.6. The van der Waals surface area contributed by atoms with Crippen molar-refractivity contribution in [2.75, 3.05) is 6.61 Å². The van der Waals surface area contributed by atoms with Crippen LogP contribution in [0.1, 0.15) is 53.4 Å². The molecule has 2 atom stereocenters. The van der Waals surface area contributed by atoms with E-state index < -0.39 is 29.1 Å². The third-order valence-corrected chi connectivity index (χ3v) is 4.14. The Morgan fingerprint density at radius 3 is 2.23 bits per heavy atom. The van der Waals surface area contributed by atoms with Gasteiger partial charge in [0.15, 0.2) is 5.78 Å². The van der Waals surface area contributed by atoms with Gasteiger partial charge in [-0.3, -0.25) is 14.9 Å². The van der Waals surface area contributed by atoms with Crippen molar-refractivity contribution >= 4 is 17.8 Å². The van der Waals surface area contributed by atoms with Crippen LogP contribution in [0.15, 0.2) is 0 Å². The first-order chi connectivity index (χ1) is 10.1. The second kappa shape index (κ2) is 5.99. The van der Waals surface area contributed by atoms with Crippen LogP contribution in [0.5, 0.6) is 0 Å². The molecule has 0 aromatic rings. The van der Waals surface area contributed by atoms with Gasteiger partial charge in [-0.1, -0.05) is 12.8 Å². The van der Waals surface area contributed by atoms with Crippen LogP contribution in [0.2, 0.25) is 0 Å². The molecule has 1 heterocycles. The summed E-state index contributed by atoms with van der Waals surface area (Å²) >= 11 is 0. The lowest BCUT2D eigenvalue weighted by Gasteiger charge is -2.23. The number of hydrogen-bond donors (Lipinski definition) is 1. The van der Waals surface area contributed by atoms with Crippen molar-refractivity contribution < 1.29 is 23.9 Å². The summed E-state index contributed by atoms with van der Waals surface area (Å²) in [4.78, 5) is 36.8. The molecule has 6 heteroatoms. The fourth-order valence-electron chi connectivity index (χ4n) is 2.91. The predicted octanol–water partition coefficient (Wildman–Crippen LogP) is 2.20. The van der Waals surface area contributed by atoms with Gasteiger partial charge in [0.25, 0.3) is 0 Å². The van der Waals surface area contributed by atoms with E-state index in [0.717, 1.165) is 25.7 Å². The molecule has 0 radical (unpaired) electrons. The summed E-state index contributed by atoms with van der Waals surface area (Å²) in [6.07, 6.45) is 2.81. The van der Waals surface area contributed by atoms with Gasteiger partial charge in [0.05, 0.1) is 6.61 Å². The Bertz CT molecular complexity index is 469. The summed E-state index contributed by atoms with van der Waals surface area (Å²) < 4.78 is 10.4. The van der Waals surface area contributed by atoms with E-state index in [0.29, 0.717) is 6.61 Å². The van der Waals surface area contributed by atoms with Crippen molar-refractivity contribution in [2.45, 2.75) is 64.6 Å². The van der Waals surface area contributed by atoms with Crippen molar-refractivity contribution in [2.24, 2.45) is 11.8 Å². The molecule has 1 saturated carbocycles. The van der Waals surface area contributed by atoms with Crippen molar-refractivity contribution in [3.8, 4) is 0 Å². The first kappa shape index (κ1) is 16.9. The Labute approximate surface area is 130 Å². The molecule has 2 amide bonds. The summed E-state index contributed by atoms with van der Waals surface area (Å²) in [6.45, 7) is 7.23. The second-order valence-corrected chi connectivity index (χ2v) is 7.41. The number of rotatable bonds is 4. The lowest BCUT2D eigenvalue weighted by molar-refractivity contribution is -0.138. The Morgan fingerprint density at radius 2 is 1.77 bits per heavy atom. The quantitative estimate of drug-likeness (QED) is 0.635. The molecule has 0 aromatic carbocycles. The third-order valence-electron chi connectivity index (χ3n) is 4.14. The number of epoxide rings is 1. The number of alkyl carbamates (subject to hydrolysis) is 1. The van der Waals surface area contributed by atoms with Crippen LogP contribution in [-0.2, 0) is 19.1 Å². The first-order valence-electron chi connectivity index (χ1n) is 7.84. The van der Waals surface area contributed by atoms with Crippen LogP contribution in [-0.4, -0.2) is 35.6 Å². The molecule has 1 N–H and O–H groups in total. The first-order valence-corrected chi connectivity index (χ1v) is 7.84. The number of hydrogen-bond acceptors (Lipinski definition) is 5. The molecule has 2 aliphatic rings. The molecular weight excluding hydrogens is 286 g/mol. The van der Waals surface area contributed by atoms with Gasteiger partial charge in [-0.2, -0.15) is 0 Å². The monoisotopic (exact) mass is 311 g/mol. The van der Waals surface area contributed by atoms with Crippen LogP contribution in [0, 0.1) is 11.8 Å². The molecule has 22 heavy (non-hydrogen) atoms. The van der Waals surface area contributed by atoms with E-state index in [1.807, 2.05) is 0 Å². The van der Waals surface area contributed by atoms with Gasteiger partial charge < -0.3 is 9.47 Å². The highest BCUT2D eigenvalue weighted by atomic mass is 16.6. The van der Waals surface area contributed by atoms with Gasteiger partial charge in [0.2, 0.25) is 5.91 Å². The van der Waals surface area contributed by atoms with E-state index in [1.165, 1.54) is 0 Å². The molecule has 6 nitrogen and oxygen atoms in total. The predicted molar refractivity (Wildman–Crippen MR) is 79.2 cm³/mol. The molecule has 124 valence electrons. The van der Waals surface area contributed by atoms with Gasteiger partial charge in [-0.05, 0) is 40.5 Å². The van der Waals surface area contributed by atoms with Gasteiger partial charge in [-0.25, -0.2) is 4.79 Å². The Morgan fingerprint density at radius 1 is 1.23 bits per heavy atom. The van der Waals surface area contributed by atoms with E-state index in [9.17, 15) is 14.4 Å². The summed E-state index contributed by atoms with van der Waals surface area (Å²) in [7, 11) is 0. The van der Waals surface area contributed by atoms with E-state index in [-0.39, 0.29) is 11.7 Å². The number of carbonyl (C=O) groups is 3. The number of ketones is 1. The molecule has 1 saturated heterocycles. The average Bonchev–Trinajstić information content (AvgIpc) is 2.91. The summed E-state index contributed by atoms with van der Waals surface area (Å²) in [6, 6.07) is 0. The number of amides is 2. The highest BCUT2D eigenvalue weighted by Gasteiger charge is 2.55. The molecule has 1 aliphatic heterocycles. The van der Waals surface area contributed by atoms with Crippen molar-refractivity contribution in [3.63, 3.8) is 0 Å². The largest absolute Gasteiger partial charge is 0.444 e. The maximum Gasteiger partial charge on any atom is 0.414 e. The highest BCUT2D eigenvalue weighted by Crippen LogP contribution is 2.39. The van der Waals surface area contributed by atoms with Crippen LogP contribution in [0.4, 0.5) is 4.79 Å². The zero-order valence-corrected chi connectivity index (χ0v) is 13.7. The number of nitrogens with one attached hydrogen (secondary N) is 1. The molecule has 0 unspecified atom stereocenters. The van der Waals surface area contributed by atoms with Crippen molar-refractivity contribution in [3.05, 3.63) is 0 Å². The summed E-state index contributed by atoms with van der Waals surface area (Å²) in [5, 5.41) is 2.19. The van der Waals surface area contributed by atoms with E-state index in [2.05, 4.69) is 5.32 Å². The minimum Gasteiger partial charge on any atom is -0.444 e. The number of imide groups is 1. The molecule has 1 aliphatic carbocycles. The topological polar surface area (TPSA) is 85.0 Å². The van der Waals surface area contributed by atoms with Gasteiger partial charge in [0.1, 0.15) is 17.1 Å². The minimum atomic E-state index is -0.942. The lowest BCUT2D eigenvalue weighted by Crippen LogP contribution is -2.48. The van der Waals surface area contributed by atoms with Gasteiger partial charge >= 0.3 is 6.09 Å². The zero-order valence-electron chi connectivity index (χ0n) is 13.7. The van der Waals surface area contributed by atoms with Gasteiger partial charge in [-0.15, -0.1) is 0 Å². The number of carbonyl (C=O) groups excluding carboxylic acids is 3. The minimum absolute atomic E-state index is 0.101. The number of Topliss-reactive ketones (excluding diaryl/α,β-unsaturated/α-hetero) is 1. The van der Waals surface area contributed by atoms with E-state index >= 15 is 0 Å². The van der Waals surface area contributed by atoms with Gasteiger partial charge in [0, 0.05) is 5.92 Å². The molecule has 0 spiro atoms. The third kappa shape index (κ3) is 4.06. The smallest absolute Gasteiger partial charge is 0.414 e. The van der Waals surface area contributed by atoms with Crippen LogP contribution < -0.4 is 5.32 Å². The standard InChI is InChI=1S/C16H25NO5/c1-15(2,3)22-14(20)17-13(19)11(16(4)9-21-16)12(18)10-7-5-6-8-10/h10-11H,5-9H2,1-4H3,(H,17,19,20)/t11-,16-/m0/s1. The highest BCUT2D eigenvalue weighted by molar-refractivity contribution is 6.08.